The fourth-order valence-corrected chi connectivity index (χ4v) is 2.68. The molecule has 0 spiro atoms. The number of hydrogen-bond acceptors (Lipinski definition) is 5. The van der Waals surface area contributed by atoms with Gasteiger partial charge in [-0.15, -0.1) is 11.8 Å². The van der Waals surface area contributed by atoms with Crippen molar-refractivity contribution in [3.8, 4) is 5.75 Å². The highest BCUT2D eigenvalue weighted by molar-refractivity contribution is 8.00. The van der Waals surface area contributed by atoms with Crippen LogP contribution >= 0.6 is 11.8 Å². The van der Waals surface area contributed by atoms with Crippen molar-refractivity contribution in [1.29, 1.82) is 0 Å². The van der Waals surface area contributed by atoms with Crippen molar-refractivity contribution < 1.29 is 14.5 Å². The van der Waals surface area contributed by atoms with Crippen LogP contribution in [-0.4, -0.2) is 23.6 Å². The average molecular weight is 303 g/mol. The lowest BCUT2D eigenvalue weighted by atomic mass is 10.1. The summed E-state index contributed by atoms with van der Waals surface area (Å²) in [6.45, 7) is 0. The second-order valence-corrected chi connectivity index (χ2v) is 5.19. The summed E-state index contributed by atoms with van der Waals surface area (Å²) in [6, 6.07) is 13.2. The van der Waals surface area contributed by atoms with E-state index >= 15 is 0 Å². The monoisotopic (exact) mass is 303 g/mol. The van der Waals surface area contributed by atoms with Crippen molar-refractivity contribution in [3.05, 3.63) is 64.2 Å². The molecule has 0 aliphatic rings. The van der Waals surface area contributed by atoms with E-state index in [1.165, 1.54) is 30.0 Å². The van der Waals surface area contributed by atoms with Gasteiger partial charge in [0.15, 0.2) is 5.78 Å². The number of nitro groups is 1. The van der Waals surface area contributed by atoms with E-state index in [4.69, 9.17) is 4.74 Å². The second-order valence-electron chi connectivity index (χ2n) is 4.17. The Balaban J connectivity index is 2.08. The Morgan fingerprint density at radius 3 is 2.71 bits per heavy atom. The van der Waals surface area contributed by atoms with Gasteiger partial charge < -0.3 is 4.74 Å². The first-order chi connectivity index (χ1) is 10.1. The van der Waals surface area contributed by atoms with Gasteiger partial charge in [0.05, 0.1) is 17.8 Å². The molecule has 0 aliphatic heterocycles. The summed E-state index contributed by atoms with van der Waals surface area (Å²) in [5, 5.41) is 10.7. The van der Waals surface area contributed by atoms with Crippen LogP contribution in [0.15, 0.2) is 53.4 Å². The van der Waals surface area contributed by atoms with Gasteiger partial charge in [-0.1, -0.05) is 24.3 Å². The Morgan fingerprint density at radius 2 is 2.00 bits per heavy atom. The van der Waals surface area contributed by atoms with Crippen LogP contribution in [0.25, 0.3) is 0 Å². The molecule has 0 radical (unpaired) electrons. The first-order valence-corrected chi connectivity index (χ1v) is 7.14. The lowest BCUT2D eigenvalue weighted by Gasteiger charge is -2.07. The van der Waals surface area contributed by atoms with Gasteiger partial charge in [0.2, 0.25) is 0 Å². The summed E-state index contributed by atoms with van der Waals surface area (Å²) in [6.07, 6.45) is 0. The zero-order valence-corrected chi connectivity index (χ0v) is 12.1. The molecule has 2 aromatic rings. The molecular formula is C15H13NO4S. The number of nitro benzene ring substituents is 1. The third-order valence-corrected chi connectivity index (χ3v) is 3.86. The quantitative estimate of drug-likeness (QED) is 0.353. The van der Waals surface area contributed by atoms with Crippen molar-refractivity contribution in [2.24, 2.45) is 0 Å². The Labute approximate surface area is 126 Å². The molecule has 6 heteroatoms. The first kappa shape index (κ1) is 15.1. The lowest BCUT2D eigenvalue weighted by molar-refractivity contribution is -0.384. The number of rotatable bonds is 6. The van der Waals surface area contributed by atoms with Crippen LogP contribution in [0, 0.1) is 10.1 Å². The number of hydrogen-bond donors (Lipinski definition) is 0. The Bertz CT molecular complexity index is 672. The Hall–Kier alpha value is -2.34. The molecule has 21 heavy (non-hydrogen) atoms. The SMILES string of the molecule is COc1ccccc1SCC(=O)c1cccc([N+](=O)[O-])c1. The predicted molar refractivity (Wildman–Crippen MR) is 81.1 cm³/mol. The van der Waals surface area contributed by atoms with Crippen molar-refractivity contribution >= 4 is 23.2 Å². The molecular weight excluding hydrogens is 290 g/mol. The van der Waals surface area contributed by atoms with E-state index in [-0.39, 0.29) is 17.2 Å². The maximum atomic E-state index is 12.1. The van der Waals surface area contributed by atoms with E-state index in [1.807, 2.05) is 24.3 Å². The van der Waals surface area contributed by atoms with Crippen molar-refractivity contribution in [1.82, 2.24) is 0 Å². The minimum absolute atomic E-state index is 0.0804. The molecule has 108 valence electrons. The number of nitrogens with zero attached hydrogens (tertiary/aromatic N) is 1. The number of carbonyl (C=O) groups is 1. The molecule has 5 nitrogen and oxygen atoms in total. The Morgan fingerprint density at radius 1 is 1.24 bits per heavy atom. The number of Topliss-reactive ketones (excluding diaryl/α,β-unsaturated/α-hetero) is 1. The Kier molecular flexibility index (Phi) is 4.94. The van der Waals surface area contributed by atoms with Crippen LogP contribution in [0.3, 0.4) is 0 Å². The number of carbonyl (C=O) groups excluding carboxylic acids is 1. The zero-order valence-electron chi connectivity index (χ0n) is 11.3. The van der Waals surface area contributed by atoms with Crippen LogP contribution in [0.2, 0.25) is 0 Å². The zero-order chi connectivity index (χ0) is 15.2. The molecule has 0 N–H and O–H groups in total. The fourth-order valence-electron chi connectivity index (χ4n) is 1.76. The van der Waals surface area contributed by atoms with Crippen LogP contribution in [-0.2, 0) is 0 Å². The number of benzene rings is 2. The van der Waals surface area contributed by atoms with Gasteiger partial charge in [-0.25, -0.2) is 0 Å². The molecule has 0 saturated heterocycles. The summed E-state index contributed by atoms with van der Waals surface area (Å²) >= 11 is 1.34. The largest absolute Gasteiger partial charge is 0.496 e. The minimum atomic E-state index is -0.510. The molecule has 0 bridgehead atoms. The highest BCUT2D eigenvalue weighted by Crippen LogP contribution is 2.29. The van der Waals surface area contributed by atoms with Crippen LogP contribution in [0.5, 0.6) is 5.75 Å². The van der Waals surface area contributed by atoms with Crippen LogP contribution in [0.1, 0.15) is 10.4 Å². The molecule has 0 aromatic heterocycles. The standard InChI is InChI=1S/C15H13NO4S/c1-20-14-7-2-3-8-15(14)21-10-13(17)11-5-4-6-12(9-11)16(18)19/h2-9H,10H2,1H3. The second kappa shape index (κ2) is 6.90. The van der Waals surface area contributed by atoms with Gasteiger partial charge in [0.25, 0.3) is 5.69 Å². The van der Waals surface area contributed by atoms with E-state index in [9.17, 15) is 14.9 Å². The van der Waals surface area contributed by atoms with Crippen LogP contribution in [0.4, 0.5) is 5.69 Å². The topological polar surface area (TPSA) is 69.4 Å². The van der Waals surface area contributed by atoms with Crippen molar-refractivity contribution in [3.63, 3.8) is 0 Å². The van der Waals surface area contributed by atoms with E-state index < -0.39 is 4.92 Å². The normalized spacial score (nSPS) is 10.1. The summed E-state index contributed by atoms with van der Waals surface area (Å²) in [7, 11) is 1.57. The van der Waals surface area contributed by atoms with Gasteiger partial charge >= 0.3 is 0 Å². The van der Waals surface area contributed by atoms with Gasteiger partial charge in [-0.2, -0.15) is 0 Å². The van der Waals surface area contributed by atoms with E-state index in [0.29, 0.717) is 11.3 Å². The van der Waals surface area contributed by atoms with Gasteiger partial charge in [0, 0.05) is 22.6 Å². The average Bonchev–Trinajstić information content (AvgIpc) is 2.52. The molecule has 0 atom stereocenters. The molecule has 2 rings (SSSR count). The number of non-ortho nitro benzene ring substituents is 1. The number of thioether (sulfide) groups is 1. The maximum Gasteiger partial charge on any atom is 0.270 e. The summed E-state index contributed by atoms with van der Waals surface area (Å²) < 4.78 is 5.21. The third-order valence-electron chi connectivity index (χ3n) is 2.81. The summed E-state index contributed by atoms with van der Waals surface area (Å²) in [4.78, 5) is 23.2. The molecule has 0 aliphatic carbocycles. The molecule has 0 saturated carbocycles. The van der Waals surface area contributed by atoms with Gasteiger partial charge in [-0.3, -0.25) is 14.9 Å². The van der Waals surface area contributed by atoms with Crippen molar-refractivity contribution in [2.45, 2.75) is 4.90 Å². The van der Waals surface area contributed by atoms with Crippen molar-refractivity contribution in [2.75, 3.05) is 12.9 Å². The third kappa shape index (κ3) is 3.82. The smallest absolute Gasteiger partial charge is 0.270 e. The van der Waals surface area contributed by atoms with Crippen LogP contribution < -0.4 is 4.74 Å². The molecule has 0 heterocycles. The number of methoxy groups -OCH3 is 1. The lowest BCUT2D eigenvalue weighted by Crippen LogP contribution is -2.03. The highest BCUT2D eigenvalue weighted by atomic mass is 32.2. The van der Waals surface area contributed by atoms with E-state index in [1.54, 1.807) is 13.2 Å². The highest BCUT2D eigenvalue weighted by Gasteiger charge is 2.12. The summed E-state index contributed by atoms with van der Waals surface area (Å²) in [5.41, 5.74) is 0.259. The van der Waals surface area contributed by atoms with E-state index in [0.717, 1.165) is 4.90 Å². The molecule has 0 fully saturated rings. The molecule has 0 amide bonds. The number of ketones is 1. The maximum absolute atomic E-state index is 12.1. The van der Waals surface area contributed by atoms with Gasteiger partial charge in [0.1, 0.15) is 5.75 Å². The van der Waals surface area contributed by atoms with E-state index in [2.05, 4.69) is 0 Å². The van der Waals surface area contributed by atoms with Gasteiger partial charge in [-0.05, 0) is 12.1 Å². The number of ether oxygens (including phenoxy) is 1. The fraction of sp³-hybridized carbons (Fsp3) is 0.133. The predicted octanol–water partition coefficient (Wildman–Crippen LogP) is 3.58. The summed E-state index contributed by atoms with van der Waals surface area (Å²) in [5.74, 6) is 0.741. The number of para-hydroxylation sites is 1. The first-order valence-electron chi connectivity index (χ1n) is 6.15. The molecule has 0 unspecified atom stereocenters. The minimum Gasteiger partial charge on any atom is -0.496 e. The molecule has 2 aromatic carbocycles.